The van der Waals surface area contributed by atoms with E-state index in [1.54, 1.807) is 91.0 Å². The van der Waals surface area contributed by atoms with Gasteiger partial charge in [0.05, 0.1) is 6.61 Å². The number of nitrogens with one attached hydrogen (secondary N) is 2. The standard InChI is InChI=1S/C33H27ClN2O4/c1-2-40-31-11-7-6-10-26(31)22-29(36-32(38)25-8-4-3-5-9-25)33(39)35-28-19-15-24(16-20-28)30(37)21-14-23-12-17-27(34)18-13-23/h3-22H,2H2,1H3,(H,35,39)(H,36,38)/b21-14+,29-22-. The van der Waals surface area contributed by atoms with Gasteiger partial charge in [-0.25, -0.2) is 0 Å². The molecule has 2 N–H and O–H groups in total. The maximum absolute atomic E-state index is 13.3. The minimum Gasteiger partial charge on any atom is -0.493 e. The minimum absolute atomic E-state index is 0.0343. The molecule has 0 saturated carbocycles. The van der Waals surface area contributed by atoms with E-state index in [4.69, 9.17) is 16.3 Å². The van der Waals surface area contributed by atoms with Gasteiger partial charge >= 0.3 is 0 Å². The molecule has 7 heteroatoms. The average Bonchev–Trinajstić information content (AvgIpc) is 2.98. The van der Waals surface area contributed by atoms with Gasteiger partial charge in [-0.05, 0) is 79.2 Å². The highest BCUT2D eigenvalue weighted by Crippen LogP contribution is 2.22. The third-order valence-electron chi connectivity index (χ3n) is 5.77. The van der Waals surface area contributed by atoms with Crippen LogP contribution in [0.2, 0.25) is 5.02 Å². The zero-order chi connectivity index (χ0) is 28.3. The molecule has 4 rings (SSSR count). The molecule has 200 valence electrons. The predicted molar refractivity (Wildman–Crippen MR) is 159 cm³/mol. The number of hydrogen-bond donors (Lipinski definition) is 2. The van der Waals surface area contributed by atoms with Crippen LogP contribution < -0.4 is 15.4 Å². The molecule has 0 aliphatic heterocycles. The highest BCUT2D eigenvalue weighted by Gasteiger charge is 2.16. The summed E-state index contributed by atoms with van der Waals surface area (Å²) in [6.45, 7) is 2.32. The van der Waals surface area contributed by atoms with E-state index < -0.39 is 11.8 Å². The first-order valence-electron chi connectivity index (χ1n) is 12.6. The zero-order valence-electron chi connectivity index (χ0n) is 21.8. The number of anilines is 1. The van der Waals surface area contributed by atoms with Crippen molar-refractivity contribution in [2.45, 2.75) is 6.92 Å². The number of para-hydroxylation sites is 1. The Morgan fingerprint density at radius 1 is 0.800 bits per heavy atom. The van der Waals surface area contributed by atoms with Crippen LogP contribution in [0.4, 0.5) is 5.69 Å². The number of carbonyl (C=O) groups excluding carboxylic acids is 3. The molecule has 0 unspecified atom stereocenters. The molecule has 0 aliphatic carbocycles. The van der Waals surface area contributed by atoms with Crippen molar-refractivity contribution in [2.24, 2.45) is 0 Å². The van der Waals surface area contributed by atoms with Crippen molar-refractivity contribution >= 4 is 47.0 Å². The Hall–Kier alpha value is -4.94. The van der Waals surface area contributed by atoms with Crippen molar-refractivity contribution in [3.8, 4) is 5.75 Å². The van der Waals surface area contributed by atoms with Gasteiger partial charge in [0.15, 0.2) is 5.78 Å². The maximum atomic E-state index is 13.3. The van der Waals surface area contributed by atoms with E-state index in [1.165, 1.54) is 6.08 Å². The monoisotopic (exact) mass is 550 g/mol. The average molecular weight is 551 g/mol. The molecule has 0 aliphatic rings. The smallest absolute Gasteiger partial charge is 0.272 e. The number of amides is 2. The molecular formula is C33H27ClN2O4. The van der Waals surface area contributed by atoms with E-state index in [2.05, 4.69) is 10.6 Å². The fraction of sp³-hybridized carbons (Fsp3) is 0.0606. The topological polar surface area (TPSA) is 84.5 Å². The van der Waals surface area contributed by atoms with E-state index in [0.717, 1.165) is 5.56 Å². The van der Waals surface area contributed by atoms with Crippen LogP contribution in [0, 0.1) is 0 Å². The van der Waals surface area contributed by atoms with Crippen LogP contribution in [-0.2, 0) is 4.79 Å². The van der Waals surface area contributed by atoms with Crippen molar-refractivity contribution in [3.63, 3.8) is 0 Å². The first kappa shape index (κ1) is 28.1. The summed E-state index contributed by atoms with van der Waals surface area (Å²) in [4.78, 5) is 38.8. The Labute approximate surface area is 238 Å². The van der Waals surface area contributed by atoms with Crippen LogP contribution in [0.5, 0.6) is 5.75 Å². The normalized spacial score (nSPS) is 11.2. The summed E-state index contributed by atoms with van der Waals surface area (Å²) in [5.74, 6) is -0.559. The van der Waals surface area contributed by atoms with E-state index in [9.17, 15) is 14.4 Å². The first-order chi connectivity index (χ1) is 19.4. The van der Waals surface area contributed by atoms with E-state index in [-0.39, 0.29) is 11.5 Å². The summed E-state index contributed by atoms with van der Waals surface area (Å²) in [5, 5.41) is 6.14. The molecule has 4 aromatic carbocycles. The molecule has 0 radical (unpaired) electrons. The van der Waals surface area contributed by atoms with Gasteiger partial charge < -0.3 is 15.4 Å². The fourth-order valence-corrected chi connectivity index (χ4v) is 3.87. The number of rotatable bonds is 10. The van der Waals surface area contributed by atoms with Gasteiger partial charge in [0.2, 0.25) is 0 Å². The van der Waals surface area contributed by atoms with Crippen molar-refractivity contribution in [1.82, 2.24) is 5.32 Å². The van der Waals surface area contributed by atoms with E-state index in [1.807, 2.05) is 31.2 Å². The highest BCUT2D eigenvalue weighted by atomic mass is 35.5. The number of benzene rings is 4. The van der Waals surface area contributed by atoms with Gasteiger partial charge in [-0.15, -0.1) is 0 Å². The largest absolute Gasteiger partial charge is 0.493 e. The van der Waals surface area contributed by atoms with Crippen molar-refractivity contribution in [3.05, 3.63) is 142 Å². The fourth-order valence-electron chi connectivity index (χ4n) is 3.74. The molecule has 0 spiro atoms. The van der Waals surface area contributed by atoms with E-state index >= 15 is 0 Å². The van der Waals surface area contributed by atoms with Gasteiger partial charge in [-0.2, -0.15) is 0 Å². The lowest BCUT2D eigenvalue weighted by atomic mass is 10.1. The van der Waals surface area contributed by atoms with Crippen LogP contribution in [0.1, 0.15) is 38.8 Å². The Balaban J connectivity index is 1.52. The van der Waals surface area contributed by atoms with Gasteiger partial charge in [0, 0.05) is 27.4 Å². The summed E-state index contributed by atoms with van der Waals surface area (Å²) in [6.07, 6.45) is 4.76. The summed E-state index contributed by atoms with van der Waals surface area (Å²) in [5.41, 5.74) is 2.85. The summed E-state index contributed by atoms with van der Waals surface area (Å²) >= 11 is 5.90. The summed E-state index contributed by atoms with van der Waals surface area (Å²) < 4.78 is 5.68. The predicted octanol–water partition coefficient (Wildman–Crippen LogP) is 7.04. The van der Waals surface area contributed by atoms with Gasteiger partial charge in [-0.3, -0.25) is 14.4 Å². The Bertz CT molecular complexity index is 1540. The second-order valence-electron chi connectivity index (χ2n) is 8.63. The Morgan fingerprint density at radius 2 is 1.48 bits per heavy atom. The number of carbonyl (C=O) groups is 3. The van der Waals surface area contributed by atoms with Crippen molar-refractivity contribution in [1.29, 1.82) is 0 Å². The number of hydrogen-bond acceptors (Lipinski definition) is 4. The number of halogens is 1. The quantitative estimate of drug-likeness (QED) is 0.164. The molecule has 6 nitrogen and oxygen atoms in total. The van der Waals surface area contributed by atoms with Crippen LogP contribution >= 0.6 is 11.6 Å². The van der Waals surface area contributed by atoms with Crippen LogP contribution in [0.15, 0.2) is 115 Å². The van der Waals surface area contributed by atoms with Crippen LogP contribution in [0.3, 0.4) is 0 Å². The van der Waals surface area contributed by atoms with Gasteiger partial charge in [0.25, 0.3) is 11.8 Å². The Morgan fingerprint density at radius 3 is 2.17 bits per heavy atom. The molecule has 0 saturated heterocycles. The summed E-state index contributed by atoms with van der Waals surface area (Å²) in [6, 6.07) is 29.5. The molecule has 0 aromatic heterocycles. The molecule has 4 aromatic rings. The SMILES string of the molecule is CCOc1ccccc1/C=C(\NC(=O)c1ccccc1)C(=O)Nc1ccc(C(=O)/C=C/c2ccc(Cl)cc2)cc1. The van der Waals surface area contributed by atoms with Gasteiger partial charge in [0.1, 0.15) is 11.4 Å². The Kier molecular flexibility index (Phi) is 9.64. The molecule has 2 amide bonds. The molecule has 0 atom stereocenters. The molecule has 0 heterocycles. The van der Waals surface area contributed by atoms with Crippen molar-refractivity contribution < 1.29 is 19.1 Å². The lowest BCUT2D eigenvalue weighted by molar-refractivity contribution is -0.113. The number of ketones is 1. The lowest BCUT2D eigenvalue weighted by Crippen LogP contribution is -2.30. The van der Waals surface area contributed by atoms with Gasteiger partial charge in [-0.1, -0.05) is 66.2 Å². The second kappa shape index (κ2) is 13.7. The molecule has 0 bridgehead atoms. The number of allylic oxidation sites excluding steroid dienone is 1. The number of ether oxygens (including phenoxy) is 1. The van der Waals surface area contributed by atoms with E-state index in [0.29, 0.717) is 39.8 Å². The van der Waals surface area contributed by atoms with Crippen LogP contribution in [0.25, 0.3) is 12.2 Å². The minimum atomic E-state index is -0.530. The molecular weight excluding hydrogens is 524 g/mol. The lowest BCUT2D eigenvalue weighted by Gasteiger charge is -2.13. The zero-order valence-corrected chi connectivity index (χ0v) is 22.5. The summed E-state index contributed by atoms with van der Waals surface area (Å²) in [7, 11) is 0. The first-order valence-corrected chi connectivity index (χ1v) is 13.0. The highest BCUT2D eigenvalue weighted by molar-refractivity contribution is 6.30. The third-order valence-corrected chi connectivity index (χ3v) is 6.02. The second-order valence-corrected chi connectivity index (χ2v) is 9.07. The third kappa shape index (κ3) is 7.79. The maximum Gasteiger partial charge on any atom is 0.272 e. The molecule has 40 heavy (non-hydrogen) atoms. The van der Waals surface area contributed by atoms with Crippen molar-refractivity contribution in [2.75, 3.05) is 11.9 Å². The van der Waals surface area contributed by atoms with Crippen LogP contribution in [-0.4, -0.2) is 24.2 Å². The molecule has 0 fully saturated rings.